The fourth-order valence-electron chi connectivity index (χ4n) is 2.72. The number of carboxylic acids is 1. The molecule has 1 fully saturated rings. The Morgan fingerprint density at radius 3 is 2.50 bits per heavy atom. The van der Waals surface area contributed by atoms with Gasteiger partial charge in [0.1, 0.15) is 0 Å². The Balaban J connectivity index is 2.68. The highest BCUT2D eigenvalue weighted by Crippen LogP contribution is 2.35. The Kier molecular flexibility index (Phi) is 5.42. The van der Waals surface area contributed by atoms with Crippen LogP contribution in [0.4, 0.5) is 13.2 Å². The van der Waals surface area contributed by atoms with E-state index >= 15 is 0 Å². The summed E-state index contributed by atoms with van der Waals surface area (Å²) in [4.78, 5) is 24.5. The quantitative estimate of drug-likeness (QED) is 0.848. The molecule has 116 valence electrons. The van der Waals surface area contributed by atoms with E-state index < -0.39 is 36.3 Å². The summed E-state index contributed by atoms with van der Waals surface area (Å²) in [6.45, 7) is 2.22. The molecule has 0 radical (unpaired) electrons. The lowest BCUT2D eigenvalue weighted by Crippen LogP contribution is -2.50. The third-order valence-corrected chi connectivity index (χ3v) is 3.73. The van der Waals surface area contributed by atoms with E-state index in [1.165, 1.54) is 4.90 Å². The molecule has 4 nitrogen and oxygen atoms in total. The van der Waals surface area contributed by atoms with E-state index in [0.717, 1.165) is 0 Å². The Morgan fingerprint density at radius 2 is 2.00 bits per heavy atom. The summed E-state index contributed by atoms with van der Waals surface area (Å²) in [6.07, 6.45) is -4.04. The Bertz CT molecular complexity index is 366. The molecule has 20 heavy (non-hydrogen) atoms. The number of carbonyl (C=O) groups excluding carboxylic acids is 1. The predicted octanol–water partition coefficient (Wildman–Crippen LogP) is 2.82. The van der Waals surface area contributed by atoms with E-state index in [2.05, 4.69) is 0 Å². The zero-order chi connectivity index (χ0) is 15.4. The van der Waals surface area contributed by atoms with Gasteiger partial charge >= 0.3 is 12.1 Å². The second kappa shape index (κ2) is 6.45. The van der Waals surface area contributed by atoms with E-state index in [9.17, 15) is 27.9 Å². The number of alkyl halides is 3. The van der Waals surface area contributed by atoms with Gasteiger partial charge in [-0.25, -0.2) is 0 Å². The average molecular weight is 295 g/mol. The van der Waals surface area contributed by atoms with Crippen LogP contribution in [0.5, 0.6) is 0 Å². The number of likely N-dealkylation sites (tertiary alicyclic amines) is 1. The topological polar surface area (TPSA) is 57.6 Å². The second-order valence-corrected chi connectivity index (χ2v) is 5.37. The van der Waals surface area contributed by atoms with Crippen LogP contribution >= 0.6 is 0 Å². The number of nitrogens with zero attached hydrogens (tertiary/aromatic N) is 1. The maximum Gasteiger partial charge on any atom is 0.389 e. The molecule has 0 bridgehead atoms. The van der Waals surface area contributed by atoms with Crippen molar-refractivity contribution in [3.05, 3.63) is 0 Å². The van der Waals surface area contributed by atoms with Crippen molar-refractivity contribution in [2.24, 2.45) is 5.41 Å². The maximum atomic E-state index is 12.1. The van der Waals surface area contributed by atoms with Crippen LogP contribution < -0.4 is 0 Å². The van der Waals surface area contributed by atoms with E-state index in [1.807, 2.05) is 6.92 Å². The molecule has 1 rings (SSSR count). The molecule has 1 amide bonds. The van der Waals surface area contributed by atoms with Gasteiger partial charge in [-0.2, -0.15) is 13.2 Å². The fraction of sp³-hybridized carbons (Fsp3) is 0.846. The van der Waals surface area contributed by atoms with Crippen molar-refractivity contribution in [2.75, 3.05) is 13.1 Å². The van der Waals surface area contributed by atoms with Crippen molar-refractivity contribution in [3.63, 3.8) is 0 Å². The van der Waals surface area contributed by atoms with E-state index in [-0.39, 0.29) is 6.54 Å². The summed E-state index contributed by atoms with van der Waals surface area (Å²) in [5, 5.41) is 9.36. The molecule has 0 spiro atoms. The molecule has 1 atom stereocenters. The lowest BCUT2D eigenvalue weighted by atomic mass is 9.76. The first-order valence-electron chi connectivity index (χ1n) is 6.78. The van der Waals surface area contributed by atoms with Gasteiger partial charge in [0.2, 0.25) is 5.91 Å². The van der Waals surface area contributed by atoms with Gasteiger partial charge in [0.15, 0.2) is 0 Å². The van der Waals surface area contributed by atoms with Crippen molar-refractivity contribution >= 4 is 11.9 Å². The van der Waals surface area contributed by atoms with E-state index in [0.29, 0.717) is 32.2 Å². The number of amides is 1. The third-order valence-electron chi connectivity index (χ3n) is 3.73. The smallest absolute Gasteiger partial charge is 0.389 e. The molecule has 1 aliphatic rings. The Morgan fingerprint density at radius 1 is 1.35 bits per heavy atom. The van der Waals surface area contributed by atoms with Crippen LogP contribution in [0.25, 0.3) is 0 Å². The Labute approximate surface area is 115 Å². The second-order valence-electron chi connectivity index (χ2n) is 5.37. The molecule has 0 aromatic rings. The molecule has 0 saturated carbocycles. The average Bonchev–Trinajstić information content (AvgIpc) is 2.35. The van der Waals surface area contributed by atoms with Crippen LogP contribution in [0, 0.1) is 5.41 Å². The lowest BCUT2D eigenvalue weighted by Gasteiger charge is -2.40. The van der Waals surface area contributed by atoms with Gasteiger partial charge in [-0.15, -0.1) is 0 Å². The first kappa shape index (κ1) is 16.8. The van der Waals surface area contributed by atoms with Gasteiger partial charge in [0.25, 0.3) is 0 Å². The first-order valence-corrected chi connectivity index (χ1v) is 6.78. The number of carboxylic acid groups (broad SMARTS) is 1. The number of rotatable bonds is 5. The number of hydrogen-bond acceptors (Lipinski definition) is 2. The van der Waals surface area contributed by atoms with Crippen molar-refractivity contribution in [1.82, 2.24) is 4.90 Å². The number of halogens is 3. The Hall–Kier alpha value is -1.27. The predicted molar refractivity (Wildman–Crippen MR) is 66.1 cm³/mol. The van der Waals surface area contributed by atoms with Crippen LogP contribution in [0.3, 0.4) is 0 Å². The van der Waals surface area contributed by atoms with Gasteiger partial charge in [-0.05, 0) is 19.3 Å². The molecule has 1 unspecified atom stereocenters. The zero-order valence-corrected chi connectivity index (χ0v) is 11.5. The molecule has 1 heterocycles. The highest BCUT2D eigenvalue weighted by molar-refractivity contribution is 5.79. The van der Waals surface area contributed by atoms with Crippen LogP contribution in [-0.2, 0) is 9.59 Å². The van der Waals surface area contributed by atoms with Crippen molar-refractivity contribution in [2.45, 2.75) is 51.6 Å². The van der Waals surface area contributed by atoms with Gasteiger partial charge in [0.05, 0.1) is 11.8 Å². The van der Waals surface area contributed by atoms with Gasteiger partial charge in [0, 0.05) is 19.5 Å². The minimum atomic E-state index is -4.36. The largest absolute Gasteiger partial charge is 0.481 e. The fourth-order valence-corrected chi connectivity index (χ4v) is 2.72. The molecule has 1 saturated heterocycles. The summed E-state index contributed by atoms with van der Waals surface area (Å²) in [7, 11) is 0. The maximum absolute atomic E-state index is 12.1. The molecule has 0 aromatic heterocycles. The van der Waals surface area contributed by atoms with Gasteiger partial charge < -0.3 is 10.0 Å². The SMILES string of the molecule is CCCC1(C(=O)O)CCCN(C(=O)CCC(F)(F)F)C1. The number of hydrogen-bond donors (Lipinski definition) is 1. The summed E-state index contributed by atoms with van der Waals surface area (Å²) in [5.41, 5.74) is -0.999. The van der Waals surface area contributed by atoms with Crippen LogP contribution in [0.15, 0.2) is 0 Å². The summed E-state index contributed by atoms with van der Waals surface area (Å²) in [6, 6.07) is 0. The third kappa shape index (κ3) is 4.38. The molecular weight excluding hydrogens is 275 g/mol. The molecule has 1 N–H and O–H groups in total. The van der Waals surface area contributed by atoms with Crippen LogP contribution in [0.1, 0.15) is 45.4 Å². The number of carbonyl (C=O) groups is 2. The van der Waals surface area contributed by atoms with Crippen molar-refractivity contribution in [3.8, 4) is 0 Å². The monoisotopic (exact) mass is 295 g/mol. The normalized spacial score (nSPS) is 23.7. The first-order chi connectivity index (χ1) is 9.20. The van der Waals surface area contributed by atoms with Gasteiger partial charge in [-0.1, -0.05) is 13.3 Å². The molecule has 7 heteroatoms. The van der Waals surface area contributed by atoms with Crippen LogP contribution in [-0.4, -0.2) is 41.1 Å². The minimum Gasteiger partial charge on any atom is -0.481 e. The standard InChI is InChI=1S/C13H20F3NO3/c1-2-5-12(11(19)20)6-3-8-17(9-12)10(18)4-7-13(14,15)16/h2-9H2,1H3,(H,19,20). The molecule has 0 aromatic carbocycles. The summed E-state index contributed by atoms with van der Waals surface area (Å²) < 4.78 is 36.4. The lowest BCUT2D eigenvalue weighted by molar-refractivity contribution is -0.159. The summed E-state index contributed by atoms with van der Waals surface area (Å²) >= 11 is 0. The van der Waals surface area contributed by atoms with Crippen LogP contribution in [0.2, 0.25) is 0 Å². The van der Waals surface area contributed by atoms with Gasteiger partial charge in [-0.3, -0.25) is 9.59 Å². The van der Waals surface area contributed by atoms with E-state index in [4.69, 9.17) is 0 Å². The molecular formula is C13H20F3NO3. The molecule has 0 aliphatic carbocycles. The molecule has 1 aliphatic heterocycles. The highest BCUT2D eigenvalue weighted by atomic mass is 19.4. The minimum absolute atomic E-state index is 0.0207. The van der Waals surface area contributed by atoms with Crippen molar-refractivity contribution < 1.29 is 27.9 Å². The number of aliphatic carboxylic acids is 1. The van der Waals surface area contributed by atoms with Crippen molar-refractivity contribution in [1.29, 1.82) is 0 Å². The van der Waals surface area contributed by atoms with E-state index in [1.54, 1.807) is 0 Å². The number of piperidine rings is 1. The summed E-state index contributed by atoms with van der Waals surface area (Å²) in [5.74, 6) is -1.57. The zero-order valence-electron chi connectivity index (χ0n) is 11.5. The highest BCUT2D eigenvalue weighted by Gasteiger charge is 2.43.